The van der Waals surface area contributed by atoms with Crippen molar-refractivity contribution >= 4 is 12.0 Å². The van der Waals surface area contributed by atoms with Crippen molar-refractivity contribution in [3.8, 4) is 0 Å². The predicted molar refractivity (Wildman–Crippen MR) is 48.3 cm³/mol. The van der Waals surface area contributed by atoms with Crippen LogP contribution in [-0.4, -0.2) is 31.7 Å². The highest BCUT2D eigenvalue weighted by atomic mass is 16.6. The first kappa shape index (κ1) is 11.7. The first-order chi connectivity index (χ1) is 6.06. The van der Waals surface area contributed by atoms with Crippen LogP contribution in [0.2, 0.25) is 0 Å². The van der Waals surface area contributed by atoms with Crippen LogP contribution in [0.25, 0.3) is 0 Å². The zero-order valence-corrected chi connectivity index (χ0v) is 8.22. The molecule has 0 aliphatic rings. The third kappa shape index (κ3) is 7.11. The fraction of sp³-hybridized carbons (Fsp3) is 0.750. The molecule has 0 bridgehead atoms. The quantitative estimate of drug-likeness (QED) is 0.665. The number of alkyl carbamates (subject to hydrolysis) is 1. The number of carbonyl (C=O) groups is 2. The van der Waals surface area contributed by atoms with Crippen LogP contribution in [0.3, 0.4) is 0 Å². The highest BCUT2D eigenvalue weighted by Crippen LogP contribution is 1.88. The average Bonchev–Trinajstić information content (AvgIpc) is 2.02. The molecule has 0 unspecified atom stereocenters. The van der Waals surface area contributed by atoms with Gasteiger partial charge in [-0.25, -0.2) is 4.79 Å². The summed E-state index contributed by atoms with van der Waals surface area (Å²) in [6, 6.07) is 0. The van der Waals surface area contributed by atoms with Crippen molar-refractivity contribution in [3.63, 3.8) is 0 Å². The van der Waals surface area contributed by atoms with Gasteiger partial charge in [0.1, 0.15) is 0 Å². The van der Waals surface area contributed by atoms with Crippen LogP contribution in [0.1, 0.15) is 20.3 Å². The number of hydrogen-bond donors (Lipinski definition) is 2. The van der Waals surface area contributed by atoms with Gasteiger partial charge >= 0.3 is 6.09 Å². The van der Waals surface area contributed by atoms with Gasteiger partial charge in [0.15, 0.2) is 0 Å². The number of carbonyl (C=O) groups excluding carboxylic acids is 2. The van der Waals surface area contributed by atoms with Gasteiger partial charge in [-0.05, 0) is 13.8 Å². The van der Waals surface area contributed by atoms with Crippen LogP contribution in [-0.2, 0) is 9.53 Å². The lowest BCUT2D eigenvalue weighted by atomic mass is 10.4. The van der Waals surface area contributed by atoms with E-state index in [0.717, 1.165) is 0 Å². The summed E-state index contributed by atoms with van der Waals surface area (Å²) >= 11 is 0. The Morgan fingerprint density at radius 3 is 2.46 bits per heavy atom. The SMILES string of the molecule is CNC(=O)CCNC(=O)OC(C)C. The molecule has 76 valence electrons. The lowest BCUT2D eigenvalue weighted by molar-refractivity contribution is -0.120. The summed E-state index contributed by atoms with van der Waals surface area (Å²) in [5, 5.41) is 4.91. The second-order valence-corrected chi connectivity index (χ2v) is 2.80. The van der Waals surface area contributed by atoms with E-state index in [-0.39, 0.29) is 18.4 Å². The molecule has 0 aliphatic carbocycles. The minimum absolute atomic E-state index is 0.107. The van der Waals surface area contributed by atoms with Crippen LogP contribution in [0.4, 0.5) is 4.79 Å². The molecular weight excluding hydrogens is 172 g/mol. The van der Waals surface area contributed by atoms with E-state index < -0.39 is 6.09 Å². The third-order valence-electron chi connectivity index (χ3n) is 1.24. The highest BCUT2D eigenvalue weighted by molar-refractivity contribution is 5.76. The lowest BCUT2D eigenvalue weighted by Gasteiger charge is -2.08. The molecule has 2 amide bonds. The Labute approximate surface area is 77.8 Å². The van der Waals surface area contributed by atoms with Gasteiger partial charge in [0.2, 0.25) is 5.91 Å². The zero-order valence-electron chi connectivity index (χ0n) is 8.22. The molecule has 0 aromatic rings. The number of ether oxygens (including phenoxy) is 1. The number of nitrogens with one attached hydrogen (secondary N) is 2. The van der Waals surface area contributed by atoms with Gasteiger partial charge in [-0.2, -0.15) is 0 Å². The van der Waals surface area contributed by atoms with E-state index in [4.69, 9.17) is 4.74 Å². The normalized spacial score (nSPS) is 9.54. The minimum Gasteiger partial charge on any atom is -0.447 e. The second kappa shape index (κ2) is 6.28. The van der Waals surface area contributed by atoms with E-state index >= 15 is 0 Å². The van der Waals surface area contributed by atoms with Gasteiger partial charge in [0, 0.05) is 20.0 Å². The Kier molecular flexibility index (Phi) is 5.67. The summed E-state index contributed by atoms with van der Waals surface area (Å²) in [6.07, 6.45) is -0.358. The van der Waals surface area contributed by atoms with Crippen molar-refractivity contribution in [2.24, 2.45) is 0 Å². The Morgan fingerprint density at radius 2 is 2.00 bits per heavy atom. The number of amides is 2. The van der Waals surface area contributed by atoms with Crippen molar-refractivity contribution < 1.29 is 14.3 Å². The van der Waals surface area contributed by atoms with E-state index in [1.807, 2.05) is 0 Å². The Morgan fingerprint density at radius 1 is 1.38 bits per heavy atom. The smallest absolute Gasteiger partial charge is 0.407 e. The Bertz CT molecular complexity index is 180. The van der Waals surface area contributed by atoms with Crippen LogP contribution >= 0.6 is 0 Å². The van der Waals surface area contributed by atoms with Gasteiger partial charge in [-0.1, -0.05) is 0 Å². The van der Waals surface area contributed by atoms with E-state index in [1.54, 1.807) is 20.9 Å². The van der Waals surface area contributed by atoms with Crippen molar-refractivity contribution in [1.29, 1.82) is 0 Å². The monoisotopic (exact) mass is 188 g/mol. The Balaban J connectivity index is 3.42. The molecule has 5 nitrogen and oxygen atoms in total. The minimum atomic E-state index is -0.487. The first-order valence-electron chi connectivity index (χ1n) is 4.21. The molecule has 5 heteroatoms. The van der Waals surface area contributed by atoms with Gasteiger partial charge in [-0.15, -0.1) is 0 Å². The summed E-state index contributed by atoms with van der Waals surface area (Å²) in [5.74, 6) is -0.107. The van der Waals surface area contributed by atoms with Crippen LogP contribution in [0.5, 0.6) is 0 Å². The standard InChI is InChI=1S/C8H16N2O3/c1-6(2)13-8(12)10-5-4-7(11)9-3/h6H,4-5H2,1-3H3,(H,9,11)(H,10,12). The summed E-state index contributed by atoms with van der Waals surface area (Å²) in [7, 11) is 1.55. The maximum Gasteiger partial charge on any atom is 0.407 e. The molecule has 0 rings (SSSR count). The Hall–Kier alpha value is -1.26. The molecule has 0 fully saturated rings. The third-order valence-corrected chi connectivity index (χ3v) is 1.24. The maximum atomic E-state index is 10.9. The molecule has 0 atom stereocenters. The second-order valence-electron chi connectivity index (χ2n) is 2.80. The van der Waals surface area contributed by atoms with E-state index in [2.05, 4.69) is 10.6 Å². The molecule has 0 spiro atoms. The largest absolute Gasteiger partial charge is 0.447 e. The van der Waals surface area contributed by atoms with Crippen molar-refractivity contribution in [3.05, 3.63) is 0 Å². The first-order valence-corrected chi connectivity index (χ1v) is 4.21. The van der Waals surface area contributed by atoms with Crippen LogP contribution in [0, 0.1) is 0 Å². The molecule has 0 aliphatic heterocycles. The van der Waals surface area contributed by atoms with Gasteiger partial charge in [0.25, 0.3) is 0 Å². The number of hydrogen-bond acceptors (Lipinski definition) is 3. The van der Waals surface area contributed by atoms with Crippen LogP contribution < -0.4 is 10.6 Å². The molecule has 0 heterocycles. The molecular formula is C8H16N2O3. The zero-order chi connectivity index (χ0) is 10.3. The molecule has 0 aromatic heterocycles. The van der Waals surface area contributed by atoms with Crippen molar-refractivity contribution in [2.45, 2.75) is 26.4 Å². The summed E-state index contributed by atoms with van der Waals surface area (Å²) in [6.45, 7) is 3.82. The maximum absolute atomic E-state index is 10.9. The molecule has 0 saturated heterocycles. The highest BCUT2D eigenvalue weighted by Gasteiger charge is 2.04. The molecule has 0 radical (unpaired) electrons. The van der Waals surface area contributed by atoms with E-state index in [0.29, 0.717) is 6.54 Å². The molecule has 0 aromatic carbocycles. The van der Waals surface area contributed by atoms with Crippen LogP contribution in [0.15, 0.2) is 0 Å². The van der Waals surface area contributed by atoms with E-state index in [9.17, 15) is 9.59 Å². The molecule has 0 saturated carbocycles. The fourth-order valence-electron chi connectivity index (χ4n) is 0.659. The van der Waals surface area contributed by atoms with Crippen molar-refractivity contribution in [2.75, 3.05) is 13.6 Å². The fourth-order valence-corrected chi connectivity index (χ4v) is 0.659. The van der Waals surface area contributed by atoms with E-state index in [1.165, 1.54) is 0 Å². The average molecular weight is 188 g/mol. The topological polar surface area (TPSA) is 67.4 Å². The van der Waals surface area contributed by atoms with Gasteiger partial charge < -0.3 is 15.4 Å². The van der Waals surface area contributed by atoms with Crippen molar-refractivity contribution in [1.82, 2.24) is 10.6 Å². The van der Waals surface area contributed by atoms with Gasteiger partial charge in [0.05, 0.1) is 6.10 Å². The summed E-state index contributed by atoms with van der Waals surface area (Å²) in [4.78, 5) is 21.6. The van der Waals surface area contributed by atoms with Gasteiger partial charge in [-0.3, -0.25) is 4.79 Å². The summed E-state index contributed by atoms with van der Waals surface area (Å²) < 4.78 is 4.78. The predicted octanol–water partition coefficient (Wildman–Crippen LogP) is 0.257. The molecule has 2 N–H and O–H groups in total. The number of rotatable bonds is 4. The summed E-state index contributed by atoms with van der Waals surface area (Å²) in [5.41, 5.74) is 0. The molecule has 13 heavy (non-hydrogen) atoms. The lowest BCUT2D eigenvalue weighted by Crippen LogP contribution is -2.30.